The Kier molecular flexibility index (Phi) is 5.45. The summed E-state index contributed by atoms with van der Waals surface area (Å²) >= 11 is 0. The molecule has 116 valence electrons. The van der Waals surface area contributed by atoms with Gasteiger partial charge in [0.2, 0.25) is 10.0 Å². The van der Waals surface area contributed by atoms with Crippen molar-refractivity contribution < 1.29 is 23.1 Å². The van der Waals surface area contributed by atoms with Crippen molar-refractivity contribution in [2.75, 3.05) is 0 Å². The Morgan fingerprint density at radius 1 is 1.24 bits per heavy atom. The number of sulfonamides is 1. The van der Waals surface area contributed by atoms with Crippen LogP contribution in [0.5, 0.6) is 0 Å². The van der Waals surface area contributed by atoms with Gasteiger partial charge in [0.15, 0.2) is 0 Å². The molecule has 0 aliphatic heterocycles. The zero-order valence-electron chi connectivity index (χ0n) is 11.7. The number of hydrogen-bond acceptors (Lipinski definition) is 4. The van der Waals surface area contributed by atoms with Gasteiger partial charge < -0.3 is 10.4 Å². The third-order valence-electron chi connectivity index (χ3n) is 2.96. The highest BCUT2D eigenvalue weighted by Crippen LogP contribution is 2.11. The quantitative estimate of drug-likeness (QED) is 0.707. The number of benzene rings is 1. The predicted octanol–water partition coefficient (Wildman–Crippen LogP) is 0.563. The highest BCUT2D eigenvalue weighted by Gasteiger charge is 2.20. The lowest BCUT2D eigenvalue weighted by atomic mass is 10.0. The largest absolute Gasteiger partial charge is 0.481 e. The molecule has 0 spiro atoms. The van der Waals surface area contributed by atoms with Gasteiger partial charge in [0.05, 0.1) is 11.3 Å². The van der Waals surface area contributed by atoms with Crippen molar-refractivity contribution >= 4 is 21.9 Å². The fraction of sp³-hybridized carbons (Fsp3) is 0.385. The molecule has 4 N–H and O–H groups in total. The number of carboxylic acids is 1. The summed E-state index contributed by atoms with van der Waals surface area (Å²) in [5.41, 5.74) is 0.235. The average molecular weight is 314 g/mol. The number of carbonyl (C=O) groups is 2. The Labute approximate surface area is 123 Å². The van der Waals surface area contributed by atoms with Crippen molar-refractivity contribution in [1.29, 1.82) is 0 Å². The number of hydrogen-bond donors (Lipinski definition) is 3. The van der Waals surface area contributed by atoms with E-state index in [2.05, 4.69) is 5.32 Å². The van der Waals surface area contributed by atoms with Crippen LogP contribution < -0.4 is 10.5 Å². The number of nitrogens with two attached hydrogens (primary N) is 1. The van der Waals surface area contributed by atoms with Gasteiger partial charge in [0.1, 0.15) is 0 Å². The number of carbonyl (C=O) groups excluding carboxylic acids is 1. The fourth-order valence-corrected chi connectivity index (χ4v) is 2.20. The van der Waals surface area contributed by atoms with Gasteiger partial charge in [-0.25, -0.2) is 13.6 Å². The standard InChI is InChI=1S/C13H18N2O5S/c1-8(2)11(7-12(16)17)15-13(18)9-3-5-10(6-4-9)21(14,19)20/h3-6,8,11H,7H2,1-2H3,(H,15,18)(H,16,17)(H2,14,19,20)/t11-/m0/s1. The molecular formula is C13H18N2O5S. The molecule has 0 fully saturated rings. The average Bonchev–Trinajstić information content (AvgIpc) is 2.36. The molecule has 0 heterocycles. The second kappa shape index (κ2) is 6.68. The topological polar surface area (TPSA) is 127 Å². The number of nitrogens with one attached hydrogen (secondary N) is 1. The maximum absolute atomic E-state index is 12.0. The Bertz CT molecular complexity index is 622. The molecule has 0 aliphatic carbocycles. The first-order valence-electron chi connectivity index (χ1n) is 6.26. The van der Waals surface area contributed by atoms with Crippen LogP contribution in [0.15, 0.2) is 29.2 Å². The molecule has 8 heteroatoms. The van der Waals surface area contributed by atoms with Gasteiger partial charge in [0.25, 0.3) is 5.91 Å². The molecule has 0 unspecified atom stereocenters. The first-order valence-corrected chi connectivity index (χ1v) is 7.81. The molecule has 7 nitrogen and oxygen atoms in total. The van der Waals surface area contributed by atoms with E-state index < -0.39 is 27.9 Å². The SMILES string of the molecule is CC(C)[C@H](CC(=O)O)NC(=O)c1ccc(S(N)(=O)=O)cc1. The van der Waals surface area contributed by atoms with Crippen LogP contribution in [0.3, 0.4) is 0 Å². The van der Waals surface area contributed by atoms with Crippen molar-refractivity contribution in [3.63, 3.8) is 0 Å². The molecule has 0 aromatic heterocycles. The Morgan fingerprint density at radius 2 is 1.76 bits per heavy atom. The van der Waals surface area contributed by atoms with Crippen LogP contribution >= 0.6 is 0 Å². The summed E-state index contributed by atoms with van der Waals surface area (Å²) in [6, 6.07) is 4.60. The van der Waals surface area contributed by atoms with Gasteiger partial charge in [-0.2, -0.15) is 0 Å². The number of primary sulfonamides is 1. The number of aliphatic carboxylic acids is 1. The van der Waals surface area contributed by atoms with Crippen LogP contribution in [0.25, 0.3) is 0 Å². The van der Waals surface area contributed by atoms with Crippen LogP contribution in [0.2, 0.25) is 0 Å². The van der Waals surface area contributed by atoms with Crippen LogP contribution in [-0.4, -0.2) is 31.4 Å². The maximum Gasteiger partial charge on any atom is 0.305 e. The molecule has 21 heavy (non-hydrogen) atoms. The van der Waals surface area contributed by atoms with Crippen molar-refractivity contribution in [3.8, 4) is 0 Å². The van der Waals surface area contributed by atoms with Crippen LogP contribution in [0.4, 0.5) is 0 Å². The molecule has 1 atom stereocenters. The summed E-state index contributed by atoms with van der Waals surface area (Å²) in [6.45, 7) is 3.61. The zero-order chi connectivity index (χ0) is 16.2. The first kappa shape index (κ1) is 17.1. The minimum atomic E-state index is -3.81. The second-order valence-corrected chi connectivity index (χ2v) is 6.55. The van der Waals surface area contributed by atoms with Crippen molar-refractivity contribution in [2.24, 2.45) is 11.1 Å². The molecule has 0 aliphatic rings. The minimum absolute atomic E-state index is 0.0475. The Hall–Kier alpha value is -1.93. The van der Waals surface area contributed by atoms with Gasteiger partial charge in [0, 0.05) is 11.6 Å². The smallest absolute Gasteiger partial charge is 0.305 e. The summed E-state index contributed by atoms with van der Waals surface area (Å²) in [4.78, 5) is 22.7. The van der Waals surface area contributed by atoms with Crippen LogP contribution in [-0.2, 0) is 14.8 Å². The van der Waals surface area contributed by atoms with Crippen LogP contribution in [0, 0.1) is 5.92 Å². The Morgan fingerprint density at radius 3 is 2.14 bits per heavy atom. The molecule has 0 bridgehead atoms. The Balaban J connectivity index is 2.86. The number of rotatable bonds is 6. The van der Waals surface area contributed by atoms with E-state index in [1.807, 2.05) is 0 Å². The van der Waals surface area contributed by atoms with Gasteiger partial charge in [-0.05, 0) is 30.2 Å². The summed E-state index contributed by atoms with van der Waals surface area (Å²) < 4.78 is 22.2. The van der Waals surface area contributed by atoms with E-state index in [9.17, 15) is 18.0 Å². The predicted molar refractivity (Wildman–Crippen MR) is 76.2 cm³/mol. The highest BCUT2D eigenvalue weighted by molar-refractivity contribution is 7.89. The normalized spacial score (nSPS) is 13.0. The lowest BCUT2D eigenvalue weighted by Crippen LogP contribution is -2.40. The molecule has 1 aromatic rings. The van der Waals surface area contributed by atoms with Crippen molar-refractivity contribution in [3.05, 3.63) is 29.8 Å². The van der Waals surface area contributed by atoms with E-state index in [-0.39, 0.29) is 22.8 Å². The monoisotopic (exact) mass is 314 g/mol. The van der Waals surface area contributed by atoms with E-state index in [0.717, 1.165) is 0 Å². The van der Waals surface area contributed by atoms with Gasteiger partial charge in [-0.1, -0.05) is 13.8 Å². The van der Waals surface area contributed by atoms with E-state index >= 15 is 0 Å². The van der Waals surface area contributed by atoms with E-state index in [1.165, 1.54) is 24.3 Å². The molecule has 0 saturated heterocycles. The maximum atomic E-state index is 12.0. The summed E-state index contributed by atoms with van der Waals surface area (Å²) in [6.07, 6.45) is -0.182. The third kappa shape index (κ3) is 5.16. The summed E-state index contributed by atoms with van der Waals surface area (Å²) in [7, 11) is -3.81. The second-order valence-electron chi connectivity index (χ2n) is 4.99. The molecule has 0 radical (unpaired) electrons. The van der Waals surface area contributed by atoms with Gasteiger partial charge in [-0.3, -0.25) is 9.59 Å². The van der Waals surface area contributed by atoms with Crippen molar-refractivity contribution in [2.45, 2.75) is 31.2 Å². The molecule has 1 amide bonds. The molecular weight excluding hydrogens is 296 g/mol. The van der Waals surface area contributed by atoms with Gasteiger partial charge >= 0.3 is 5.97 Å². The number of amides is 1. The molecule has 1 aromatic carbocycles. The zero-order valence-corrected chi connectivity index (χ0v) is 12.6. The minimum Gasteiger partial charge on any atom is -0.481 e. The van der Waals surface area contributed by atoms with E-state index in [0.29, 0.717) is 0 Å². The lowest BCUT2D eigenvalue weighted by molar-refractivity contribution is -0.137. The van der Waals surface area contributed by atoms with Gasteiger partial charge in [-0.15, -0.1) is 0 Å². The summed E-state index contributed by atoms with van der Waals surface area (Å²) in [5.74, 6) is -1.51. The lowest BCUT2D eigenvalue weighted by Gasteiger charge is -2.20. The fourth-order valence-electron chi connectivity index (χ4n) is 1.69. The molecule has 0 saturated carbocycles. The van der Waals surface area contributed by atoms with E-state index in [1.54, 1.807) is 13.8 Å². The summed E-state index contributed by atoms with van der Waals surface area (Å²) in [5, 5.41) is 16.4. The number of carboxylic acid groups (broad SMARTS) is 1. The third-order valence-corrected chi connectivity index (χ3v) is 3.89. The van der Waals surface area contributed by atoms with E-state index in [4.69, 9.17) is 10.2 Å². The van der Waals surface area contributed by atoms with Crippen LogP contribution in [0.1, 0.15) is 30.6 Å². The highest BCUT2D eigenvalue weighted by atomic mass is 32.2. The molecule has 1 rings (SSSR count). The van der Waals surface area contributed by atoms with Crippen molar-refractivity contribution in [1.82, 2.24) is 5.32 Å². The first-order chi connectivity index (χ1) is 9.61.